The van der Waals surface area contributed by atoms with Gasteiger partial charge in [0, 0.05) is 17.5 Å². The molecule has 0 atom stereocenters. The molecule has 2 nitrogen and oxygen atoms in total. The largest absolute Gasteiger partial charge is 0.497 e. The number of hydrogen-bond donors (Lipinski definition) is 0. The number of aryl methyl sites for hydroxylation is 2. The number of rotatable bonds is 1. The van der Waals surface area contributed by atoms with Gasteiger partial charge in [-0.1, -0.05) is 12.1 Å². The van der Waals surface area contributed by atoms with Crippen LogP contribution in [0, 0.1) is 0 Å². The van der Waals surface area contributed by atoms with Crippen LogP contribution in [-0.2, 0) is 12.8 Å². The molecule has 0 spiro atoms. The predicted molar refractivity (Wildman–Crippen MR) is 63.6 cm³/mol. The van der Waals surface area contributed by atoms with Crippen LogP contribution in [0.1, 0.15) is 11.3 Å². The van der Waals surface area contributed by atoms with Crippen LogP contribution in [0.4, 0.5) is 0 Å². The van der Waals surface area contributed by atoms with Gasteiger partial charge < -0.3 is 4.74 Å². The lowest BCUT2D eigenvalue weighted by atomic mass is 9.88. The average Bonchev–Trinajstić information content (AvgIpc) is 2.38. The fourth-order valence-electron chi connectivity index (χ4n) is 2.29. The molecule has 2 heteroatoms. The molecule has 16 heavy (non-hydrogen) atoms. The first-order chi connectivity index (χ1) is 7.88. The van der Waals surface area contributed by atoms with Crippen molar-refractivity contribution in [1.29, 1.82) is 0 Å². The Bertz CT molecular complexity index is 534. The predicted octanol–water partition coefficient (Wildman–Crippen LogP) is 2.86. The maximum atomic E-state index is 5.27. The molecular formula is C14H13NO. The summed E-state index contributed by atoms with van der Waals surface area (Å²) in [6.45, 7) is 0. The van der Waals surface area contributed by atoms with Gasteiger partial charge in [0.05, 0.1) is 7.11 Å². The van der Waals surface area contributed by atoms with E-state index >= 15 is 0 Å². The van der Waals surface area contributed by atoms with Crippen molar-refractivity contribution in [3.05, 3.63) is 47.8 Å². The van der Waals surface area contributed by atoms with Crippen LogP contribution in [0.25, 0.3) is 11.1 Å². The molecule has 2 aromatic rings. The zero-order valence-electron chi connectivity index (χ0n) is 9.23. The summed E-state index contributed by atoms with van der Waals surface area (Å²) < 4.78 is 5.27. The van der Waals surface area contributed by atoms with Gasteiger partial charge in [0.1, 0.15) is 5.75 Å². The molecule has 1 aliphatic carbocycles. The highest BCUT2D eigenvalue weighted by molar-refractivity contribution is 5.73. The summed E-state index contributed by atoms with van der Waals surface area (Å²) in [5, 5.41) is 0. The minimum atomic E-state index is 0.912. The van der Waals surface area contributed by atoms with Crippen molar-refractivity contribution in [1.82, 2.24) is 4.98 Å². The standard InChI is InChI=1S/C14H13NO/c1-16-11-6-4-10-5-7-14-12(13(10)9-11)3-2-8-15-14/h2-4,6,8-9H,5,7H2,1H3. The van der Waals surface area contributed by atoms with Gasteiger partial charge >= 0.3 is 0 Å². The van der Waals surface area contributed by atoms with E-state index in [9.17, 15) is 0 Å². The van der Waals surface area contributed by atoms with E-state index in [1.54, 1.807) is 7.11 Å². The van der Waals surface area contributed by atoms with Crippen LogP contribution in [0.5, 0.6) is 5.75 Å². The normalized spacial score (nSPS) is 12.8. The van der Waals surface area contributed by atoms with Crippen LogP contribution < -0.4 is 4.74 Å². The molecule has 1 heterocycles. The molecule has 0 saturated carbocycles. The summed E-state index contributed by atoms with van der Waals surface area (Å²) in [5.41, 5.74) is 5.11. The van der Waals surface area contributed by atoms with Gasteiger partial charge in [0.25, 0.3) is 0 Å². The molecule has 0 amide bonds. The highest BCUT2D eigenvalue weighted by Gasteiger charge is 2.16. The summed E-state index contributed by atoms with van der Waals surface area (Å²) in [6.07, 6.45) is 3.98. The molecule has 0 bridgehead atoms. The number of methoxy groups -OCH3 is 1. The summed E-state index contributed by atoms with van der Waals surface area (Å²) in [4.78, 5) is 4.43. The average molecular weight is 211 g/mol. The molecule has 80 valence electrons. The smallest absolute Gasteiger partial charge is 0.119 e. The molecule has 1 aliphatic rings. The Morgan fingerprint density at radius 3 is 2.94 bits per heavy atom. The first kappa shape index (κ1) is 9.40. The zero-order valence-corrected chi connectivity index (χ0v) is 9.23. The third-order valence-corrected chi connectivity index (χ3v) is 3.13. The lowest BCUT2D eigenvalue weighted by Crippen LogP contribution is -2.05. The Labute approximate surface area is 94.9 Å². The van der Waals surface area contributed by atoms with Crippen LogP contribution in [0.2, 0.25) is 0 Å². The van der Waals surface area contributed by atoms with Crippen LogP contribution >= 0.6 is 0 Å². The van der Waals surface area contributed by atoms with E-state index < -0.39 is 0 Å². The number of benzene rings is 1. The van der Waals surface area contributed by atoms with Crippen LogP contribution in [-0.4, -0.2) is 12.1 Å². The fraction of sp³-hybridized carbons (Fsp3) is 0.214. The van der Waals surface area contributed by atoms with Crippen molar-refractivity contribution in [2.24, 2.45) is 0 Å². The van der Waals surface area contributed by atoms with Crippen molar-refractivity contribution in [2.45, 2.75) is 12.8 Å². The lowest BCUT2D eigenvalue weighted by molar-refractivity contribution is 0.415. The number of aromatic nitrogens is 1. The Morgan fingerprint density at radius 2 is 2.06 bits per heavy atom. The Balaban J connectivity index is 2.22. The third kappa shape index (κ3) is 1.38. The molecule has 0 N–H and O–H groups in total. The lowest BCUT2D eigenvalue weighted by Gasteiger charge is -2.19. The van der Waals surface area contributed by atoms with E-state index in [2.05, 4.69) is 23.2 Å². The topological polar surface area (TPSA) is 22.1 Å². The van der Waals surface area contributed by atoms with Gasteiger partial charge in [0.15, 0.2) is 0 Å². The second-order valence-electron chi connectivity index (χ2n) is 4.02. The number of hydrogen-bond acceptors (Lipinski definition) is 2. The Morgan fingerprint density at radius 1 is 1.12 bits per heavy atom. The van der Waals surface area contributed by atoms with Gasteiger partial charge in [-0.25, -0.2) is 0 Å². The first-order valence-corrected chi connectivity index (χ1v) is 5.49. The zero-order chi connectivity index (χ0) is 11.0. The van der Waals surface area contributed by atoms with Crippen LogP contribution in [0.15, 0.2) is 36.5 Å². The second-order valence-corrected chi connectivity index (χ2v) is 4.02. The summed E-state index contributed by atoms with van der Waals surface area (Å²) in [5.74, 6) is 0.912. The van der Waals surface area contributed by atoms with E-state index in [1.165, 1.54) is 22.4 Å². The molecular weight excluding hydrogens is 198 g/mol. The fourth-order valence-corrected chi connectivity index (χ4v) is 2.29. The molecule has 0 saturated heterocycles. The van der Waals surface area contributed by atoms with Gasteiger partial charge in [-0.2, -0.15) is 0 Å². The van der Waals surface area contributed by atoms with Gasteiger partial charge in [-0.05, 0) is 42.2 Å². The van der Waals surface area contributed by atoms with Crippen molar-refractivity contribution < 1.29 is 4.74 Å². The number of fused-ring (bicyclic) bond motifs is 3. The van der Waals surface area contributed by atoms with E-state index in [1.807, 2.05) is 18.3 Å². The Hall–Kier alpha value is -1.83. The Kier molecular flexibility index (Phi) is 2.13. The summed E-state index contributed by atoms with van der Waals surface area (Å²) >= 11 is 0. The van der Waals surface area contributed by atoms with Crippen molar-refractivity contribution in [2.75, 3.05) is 7.11 Å². The van der Waals surface area contributed by atoms with E-state index in [0.717, 1.165) is 18.6 Å². The van der Waals surface area contributed by atoms with Crippen LogP contribution in [0.3, 0.4) is 0 Å². The maximum Gasteiger partial charge on any atom is 0.119 e. The van der Waals surface area contributed by atoms with E-state index in [4.69, 9.17) is 4.74 Å². The quantitative estimate of drug-likeness (QED) is 0.723. The van der Waals surface area contributed by atoms with Crippen molar-refractivity contribution in [3.8, 4) is 16.9 Å². The van der Waals surface area contributed by atoms with Gasteiger partial charge in [0.2, 0.25) is 0 Å². The van der Waals surface area contributed by atoms with E-state index in [0.29, 0.717) is 0 Å². The van der Waals surface area contributed by atoms with Gasteiger partial charge in [-0.15, -0.1) is 0 Å². The SMILES string of the molecule is COc1ccc2c(c1)-c1cccnc1CC2. The minimum Gasteiger partial charge on any atom is -0.497 e. The van der Waals surface area contributed by atoms with Crippen molar-refractivity contribution >= 4 is 0 Å². The molecule has 1 aromatic carbocycles. The molecule has 0 unspecified atom stereocenters. The maximum absolute atomic E-state index is 5.27. The summed E-state index contributed by atoms with van der Waals surface area (Å²) in [6, 6.07) is 10.4. The number of nitrogens with zero attached hydrogens (tertiary/aromatic N) is 1. The molecule has 0 radical (unpaired) electrons. The molecule has 0 fully saturated rings. The highest BCUT2D eigenvalue weighted by Crippen LogP contribution is 2.34. The minimum absolute atomic E-state index is 0.912. The summed E-state index contributed by atoms with van der Waals surface area (Å²) in [7, 11) is 1.70. The highest BCUT2D eigenvalue weighted by atomic mass is 16.5. The van der Waals surface area contributed by atoms with Gasteiger partial charge in [-0.3, -0.25) is 4.98 Å². The third-order valence-electron chi connectivity index (χ3n) is 3.13. The number of ether oxygens (including phenoxy) is 1. The molecule has 0 aliphatic heterocycles. The number of pyridine rings is 1. The monoisotopic (exact) mass is 211 g/mol. The molecule has 1 aromatic heterocycles. The van der Waals surface area contributed by atoms with E-state index in [-0.39, 0.29) is 0 Å². The molecule has 3 rings (SSSR count). The first-order valence-electron chi connectivity index (χ1n) is 5.49. The van der Waals surface area contributed by atoms with Crippen molar-refractivity contribution in [3.63, 3.8) is 0 Å². The second kappa shape index (κ2) is 3.63.